The molecule has 11 aromatic rings. The Morgan fingerprint density at radius 1 is 0.179 bits per heavy atom. The molecule has 0 radical (unpaired) electrons. The van der Waals surface area contributed by atoms with E-state index in [0.29, 0.717) is 0 Å². The first-order valence-electron chi connectivity index (χ1n) is 19.4. The average molecular weight is 709 g/mol. The molecule has 0 spiro atoms. The van der Waals surface area contributed by atoms with Crippen LogP contribution in [-0.4, -0.2) is 0 Å². The predicted octanol–water partition coefficient (Wildman–Crippen LogP) is 15.8. The maximum Gasteiger partial charge on any atom is -0.00199 e. The number of benzene rings is 11. The molecule has 0 aromatic heterocycles. The van der Waals surface area contributed by atoms with Gasteiger partial charge >= 0.3 is 0 Å². The lowest BCUT2D eigenvalue weighted by Gasteiger charge is -2.21. The second-order valence-corrected chi connectivity index (χ2v) is 14.8. The molecule has 0 amide bonds. The number of hydrogen-bond donors (Lipinski definition) is 0. The predicted molar refractivity (Wildman–Crippen MR) is 241 cm³/mol. The van der Waals surface area contributed by atoms with Gasteiger partial charge in [-0.15, -0.1) is 0 Å². The summed E-state index contributed by atoms with van der Waals surface area (Å²) in [7, 11) is 0. The van der Waals surface area contributed by atoms with Gasteiger partial charge in [0.15, 0.2) is 0 Å². The van der Waals surface area contributed by atoms with E-state index in [9.17, 15) is 0 Å². The lowest BCUT2D eigenvalue weighted by molar-refractivity contribution is 1.60. The van der Waals surface area contributed by atoms with Crippen molar-refractivity contribution >= 4 is 53.9 Å². The van der Waals surface area contributed by atoms with Gasteiger partial charge in [-0.2, -0.15) is 0 Å². The van der Waals surface area contributed by atoms with Crippen LogP contribution in [0.4, 0.5) is 0 Å². The molecule has 11 aromatic carbocycles. The fraction of sp³-hybridized carbons (Fsp3) is 0. The van der Waals surface area contributed by atoms with E-state index in [1.54, 1.807) is 0 Å². The molecule has 0 heterocycles. The molecule has 0 fully saturated rings. The first-order chi connectivity index (χ1) is 27.8. The lowest BCUT2D eigenvalue weighted by Crippen LogP contribution is -1.94. The zero-order valence-corrected chi connectivity index (χ0v) is 30.8. The van der Waals surface area contributed by atoms with Crippen LogP contribution in [0.15, 0.2) is 218 Å². The SMILES string of the molecule is c1ccc(-c2ccc3c(-c4cc(-c5ccc6ccccc6c5)cc(-c5cccc6ccccc56)c4)c4ccccc4c(-c4cccc5ccccc45)c3c2)cc1. The summed E-state index contributed by atoms with van der Waals surface area (Å²) in [6.07, 6.45) is 0. The Labute approximate surface area is 326 Å². The first-order valence-corrected chi connectivity index (χ1v) is 19.4. The fourth-order valence-electron chi connectivity index (χ4n) is 8.97. The summed E-state index contributed by atoms with van der Waals surface area (Å²) < 4.78 is 0. The van der Waals surface area contributed by atoms with Crippen molar-refractivity contribution in [2.75, 3.05) is 0 Å². The van der Waals surface area contributed by atoms with Crippen LogP contribution in [0, 0.1) is 0 Å². The molecule has 0 unspecified atom stereocenters. The monoisotopic (exact) mass is 708 g/mol. The second-order valence-electron chi connectivity index (χ2n) is 14.8. The molecule has 0 saturated carbocycles. The number of rotatable bonds is 5. The summed E-state index contributed by atoms with van der Waals surface area (Å²) >= 11 is 0. The van der Waals surface area contributed by atoms with Crippen molar-refractivity contribution in [1.82, 2.24) is 0 Å². The Bertz CT molecular complexity index is 3290. The molecular weight excluding hydrogens is 673 g/mol. The minimum Gasteiger partial charge on any atom is -0.0622 e. The van der Waals surface area contributed by atoms with Gasteiger partial charge in [-0.25, -0.2) is 0 Å². The van der Waals surface area contributed by atoms with Crippen LogP contribution in [0.5, 0.6) is 0 Å². The van der Waals surface area contributed by atoms with Gasteiger partial charge in [-0.3, -0.25) is 0 Å². The van der Waals surface area contributed by atoms with Crippen LogP contribution in [0.25, 0.3) is 109 Å². The standard InChI is InChI=1S/C56H36/c1-2-14-37(15-3-1)43-30-31-53-54(36-43)56(50-27-13-21-40-18-7-9-23-48(40)50)52-25-11-10-24-51(52)55(53)46-34-44(42-29-28-38-16-4-5-19-41(38)32-42)33-45(35-46)49-26-12-20-39-17-6-8-22-47(39)49/h1-36H. The highest BCUT2D eigenvalue weighted by Gasteiger charge is 2.20. The molecule has 0 bridgehead atoms. The van der Waals surface area contributed by atoms with Crippen molar-refractivity contribution in [2.24, 2.45) is 0 Å². The van der Waals surface area contributed by atoms with Gasteiger partial charge in [0, 0.05) is 0 Å². The summed E-state index contributed by atoms with van der Waals surface area (Å²) in [5.74, 6) is 0. The molecule has 0 N–H and O–H groups in total. The van der Waals surface area contributed by atoms with Crippen LogP contribution < -0.4 is 0 Å². The van der Waals surface area contributed by atoms with Crippen LogP contribution in [0.1, 0.15) is 0 Å². The Morgan fingerprint density at radius 3 is 1.43 bits per heavy atom. The Balaban J connectivity index is 1.27. The fourth-order valence-corrected chi connectivity index (χ4v) is 8.97. The molecular formula is C56H36. The van der Waals surface area contributed by atoms with Crippen molar-refractivity contribution in [2.45, 2.75) is 0 Å². The topological polar surface area (TPSA) is 0 Å². The van der Waals surface area contributed by atoms with Crippen LogP contribution in [0.2, 0.25) is 0 Å². The lowest BCUT2D eigenvalue weighted by atomic mass is 9.82. The smallest absolute Gasteiger partial charge is 0.00199 e. The molecule has 56 heavy (non-hydrogen) atoms. The van der Waals surface area contributed by atoms with Crippen molar-refractivity contribution < 1.29 is 0 Å². The molecule has 0 aliphatic rings. The average Bonchev–Trinajstić information content (AvgIpc) is 3.27. The van der Waals surface area contributed by atoms with E-state index < -0.39 is 0 Å². The van der Waals surface area contributed by atoms with E-state index in [1.165, 1.54) is 109 Å². The second kappa shape index (κ2) is 13.2. The van der Waals surface area contributed by atoms with Crippen molar-refractivity contribution in [3.63, 3.8) is 0 Å². The van der Waals surface area contributed by atoms with Gasteiger partial charge in [0.25, 0.3) is 0 Å². The minimum atomic E-state index is 1.20. The highest BCUT2D eigenvalue weighted by Crippen LogP contribution is 2.48. The molecule has 260 valence electrons. The molecule has 0 atom stereocenters. The quantitative estimate of drug-likeness (QED) is 0.156. The van der Waals surface area contributed by atoms with Gasteiger partial charge in [0.2, 0.25) is 0 Å². The highest BCUT2D eigenvalue weighted by molar-refractivity contribution is 6.24. The van der Waals surface area contributed by atoms with Crippen LogP contribution in [-0.2, 0) is 0 Å². The first kappa shape index (κ1) is 32.2. The summed E-state index contributed by atoms with van der Waals surface area (Å²) in [6.45, 7) is 0. The van der Waals surface area contributed by atoms with E-state index in [-0.39, 0.29) is 0 Å². The van der Waals surface area contributed by atoms with E-state index in [1.807, 2.05) is 0 Å². The molecule has 0 nitrogen and oxygen atoms in total. The van der Waals surface area contributed by atoms with Gasteiger partial charge in [-0.1, -0.05) is 188 Å². The summed E-state index contributed by atoms with van der Waals surface area (Å²) in [5.41, 5.74) is 12.3. The van der Waals surface area contributed by atoms with E-state index >= 15 is 0 Å². The summed E-state index contributed by atoms with van der Waals surface area (Å²) in [4.78, 5) is 0. The van der Waals surface area contributed by atoms with Crippen LogP contribution >= 0.6 is 0 Å². The van der Waals surface area contributed by atoms with Crippen molar-refractivity contribution in [1.29, 1.82) is 0 Å². The van der Waals surface area contributed by atoms with Gasteiger partial charge in [0.1, 0.15) is 0 Å². The normalized spacial score (nSPS) is 11.6. The van der Waals surface area contributed by atoms with Gasteiger partial charge in [-0.05, 0) is 140 Å². The van der Waals surface area contributed by atoms with Gasteiger partial charge in [0.05, 0.1) is 0 Å². The number of hydrogen-bond acceptors (Lipinski definition) is 0. The van der Waals surface area contributed by atoms with Gasteiger partial charge < -0.3 is 0 Å². The van der Waals surface area contributed by atoms with E-state index in [4.69, 9.17) is 0 Å². The maximum atomic E-state index is 2.43. The van der Waals surface area contributed by atoms with Crippen molar-refractivity contribution in [3.05, 3.63) is 218 Å². The van der Waals surface area contributed by atoms with Crippen molar-refractivity contribution in [3.8, 4) is 55.6 Å². The van der Waals surface area contributed by atoms with Crippen LogP contribution in [0.3, 0.4) is 0 Å². The Kier molecular flexibility index (Phi) is 7.60. The highest BCUT2D eigenvalue weighted by atomic mass is 14.2. The maximum absolute atomic E-state index is 2.43. The molecule has 0 saturated heterocycles. The van der Waals surface area contributed by atoms with E-state index in [0.717, 1.165) is 0 Å². The Hall–Kier alpha value is -7.28. The summed E-state index contributed by atoms with van der Waals surface area (Å²) in [6, 6.07) is 80.6. The zero-order chi connectivity index (χ0) is 37.0. The molecule has 0 aliphatic carbocycles. The summed E-state index contributed by atoms with van der Waals surface area (Å²) in [5, 5.41) is 12.5. The minimum absolute atomic E-state index is 1.20. The van der Waals surface area contributed by atoms with E-state index in [2.05, 4.69) is 218 Å². The Morgan fingerprint density at radius 2 is 0.679 bits per heavy atom. The molecule has 0 aliphatic heterocycles. The third-order valence-electron chi connectivity index (χ3n) is 11.6. The molecule has 11 rings (SSSR count). The third kappa shape index (κ3) is 5.38. The molecule has 0 heteroatoms. The number of fused-ring (bicyclic) bond motifs is 5. The third-order valence-corrected chi connectivity index (χ3v) is 11.6. The zero-order valence-electron chi connectivity index (χ0n) is 30.8. The largest absolute Gasteiger partial charge is 0.0622 e.